The maximum atomic E-state index is 13.4. The topological polar surface area (TPSA) is 72.9 Å². The monoisotopic (exact) mass is 553 g/mol. The van der Waals surface area contributed by atoms with E-state index in [0.717, 1.165) is 31.0 Å². The van der Waals surface area contributed by atoms with Gasteiger partial charge in [-0.05, 0) is 49.2 Å². The molecule has 37 heavy (non-hydrogen) atoms. The van der Waals surface area contributed by atoms with Gasteiger partial charge in [0.15, 0.2) is 0 Å². The summed E-state index contributed by atoms with van der Waals surface area (Å²) in [7, 11) is -4.61. The van der Waals surface area contributed by atoms with Crippen LogP contribution in [0.15, 0.2) is 77.7 Å². The molecule has 1 saturated heterocycles. The summed E-state index contributed by atoms with van der Waals surface area (Å²) in [5.74, 6) is -0.485. The van der Waals surface area contributed by atoms with E-state index < -0.39 is 26.8 Å². The minimum absolute atomic E-state index is 0.0435. The van der Waals surface area contributed by atoms with Crippen LogP contribution < -0.4 is 4.18 Å². The van der Waals surface area contributed by atoms with E-state index in [-0.39, 0.29) is 41.4 Å². The number of para-hydroxylation sites is 1. The van der Waals surface area contributed by atoms with Gasteiger partial charge in [-0.3, -0.25) is 4.79 Å². The molecule has 4 rings (SSSR count). The van der Waals surface area contributed by atoms with Gasteiger partial charge in [-0.2, -0.15) is 21.6 Å². The highest BCUT2D eigenvalue weighted by Crippen LogP contribution is 2.32. The molecule has 0 saturated carbocycles. The average molecular weight is 554 g/mol. The van der Waals surface area contributed by atoms with Crippen molar-refractivity contribution in [3.63, 3.8) is 0 Å². The van der Waals surface area contributed by atoms with E-state index in [9.17, 15) is 26.4 Å². The van der Waals surface area contributed by atoms with Gasteiger partial charge >= 0.3 is 16.3 Å². The molecule has 3 aromatic rings. The molecular formula is C26H23ClF3NO5S. The fourth-order valence-electron chi connectivity index (χ4n) is 3.97. The number of ether oxygens (including phenoxy) is 1. The summed E-state index contributed by atoms with van der Waals surface area (Å²) >= 11 is 6.25. The first-order valence-electron chi connectivity index (χ1n) is 11.4. The largest absolute Gasteiger partial charge is 0.416 e. The Labute approximate surface area is 217 Å². The number of benzene rings is 3. The van der Waals surface area contributed by atoms with Crippen molar-refractivity contribution in [3.05, 3.63) is 94.5 Å². The average Bonchev–Trinajstić information content (AvgIpc) is 3.37. The Bertz CT molecular complexity index is 1370. The van der Waals surface area contributed by atoms with Crippen molar-refractivity contribution < 1.29 is 35.3 Å². The van der Waals surface area contributed by atoms with Gasteiger partial charge in [0.1, 0.15) is 10.6 Å². The number of alkyl halides is 3. The van der Waals surface area contributed by atoms with Gasteiger partial charge in [-0.25, -0.2) is 0 Å². The van der Waals surface area contributed by atoms with Gasteiger partial charge in [0.2, 0.25) is 0 Å². The van der Waals surface area contributed by atoms with Crippen molar-refractivity contribution in [2.24, 2.45) is 0 Å². The fourth-order valence-corrected chi connectivity index (χ4v) is 5.20. The lowest BCUT2D eigenvalue weighted by Crippen LogP contribution is -2.37. The molecule has 196 valence electrons. The second-order valence-electron chi connectivity index (χ2n) is 8.47. The minimum Gasteiger partial charge on any atom is -0.379 e. The van der Waals surface area contributed by atoms with Crippen LogP contribution in [-0.2, 0) is 27.6 Å². The van der Waals surface area contributed by atoms with Crippen LogP contribution in [-0.4, -0.2) is 38.5 Å². The normalized spacial score (nSPS) is 15.9. The third-order valence-electron chi connectivity index (χ3n) is 5.82. The Balaban J connectivity index is 1.63. The molecule has 11 heteroatoms. The predicted octanol–water partition coefficient (Wildman–Crippen LogP) is 5.95. The molecule has 6 nitrogen and oxygen atoms in total. The molecule has 1 amide bonds. The van der Waals surface area contributed by atoms with Crippen LogP contribution in [0, 0.1) is 0 Å². The Morgan fingerprint density at radius 1 is 1.05 bits per heavy atom. The minimum atomic E-state index is -4.72. The van der Waals surface area contributed by atoms with Gasteiger partial charge in [0.05, 0.1) is 22.3 Å². The quantitative estimate of drug-likeness (QED) is 0.322. The Kier molecular flexibility index (Phi) is 8.11. The molecule has 1 aliphatic rings. The molecule has 1 unspecified atom stereocenters. The molecule has 0 N–H and O–H groups in total. The van der Waals surface area contributed by atoms with Crippen molar-refractivity contribution in [2.45, 2.75) is 36.6 Å². The highest BCUT2D eigenvalue weighted by molar-refractivity contribution is 7.87. The predicted molar refractivity (Wildman–Crippen MR) is 131 cm³/mol. The summed E-state index contributed by atoms with van der Waals surface area (Å²) in [6.07, 6.45) is -3.30. The zero-order valence-corrected chi connectivity index (χ0v) is 21.0. The molecule has 1 fully saturated rings. The first-order valence-corrected chi connectivity index (χ1v) is 13.2. The third kappa shape index (κ3) is 6.63. The van der Waals surface area contributed by atoms with Crippen LogP contribution in [0.5, 0.6) is 5.75 Å². The van der Waals surface area contributed by atoms with Gasteiger partial charge in [0.25, 0.3) is 5.91 Å². The molecule has 1 atom stereocenters. The number of nitrogens with zero attached hydrogens (tertiary/aromatic N) is 1. The second-order valence-corrected chi connectivity index (χ2v) is 10.4. The maximum absolute atomic E-state index is 13.4. The SMILES string of the molecule is O=C(c1ccccc1Cl)N(Cc1ccccc1OS(=O)(=O)c1cccc(C(F)(F)F)c1)CC1CCCO1. The fraction of sp³-hybridized carbons (Fsp3) is 0.269. The van der Waals surface area contributed by atoms with Crippen molar-refractivity contribution in [2.75, 3.05) is 13.2 Å². The van der Waals surface area contributed by atoms with Crippen molar-refractivity contribution in [3.8, 4) is 5.75 Å². The van der Waals surface area contributed by atoms with Gasteiger partial charge in [-0.1, -0.05) is 48.0 Å². The number of carbonyl (C=O) groups is 1. The van der Waals surface area contributed by atoms with Crippen LogP contribution in [0.3, 0.4) is 0 Å². The summed E-state index contributed by atoms with van der Waals surface area (Å²) < 4.78 is 76.1. The molecule has 3 aromatic carbocycles. The molecule has 0 aliphatic carbocycles. The Hall–Kier alpha value is -3.08. The van der Waals surface area contributed by atoms with E-state index >= 15 is 0 Å². The lowest BCUT2D eigenvalue weighted by atomic mass is 10.1. The number of carbonyl (C=O) groups excluding carboxylic acids is 1. The third-order valence-corrected chi connectivity index (χ3v) is 7.38. The number of amides is 1. The first kappa shape index (κ1) is 27.0. The van der Waals surface area contributed by atoms with Gasteiger partial charge in [-0.15, -0.1) is 0 Å². The van der Waals surface area contributed by atoms with Crippen LogP contribution in [0.1, 0.15) is 34.3 Å². The summed E-state index contributed by atoms with van der Waals surface area (Å²) in [6, 6.07) is 16.0. The highest BCUT2D eigenvalue weighted by Gasteiger charge is 2.32. The first-order chi connectivity index (χ1) is 17.5. The summed E-state index contributed by atoms with van der Waals surface area (Å²) in [5.41, 5.74) is -0.493. The van der Waals surface area contributed by atoms with E-state index in [1.807, 2.05) is 0 Å². The van der Waals surface area contributed by atoms with Crippen LogP contribution in [0.2, 0.25) is 5.02 Å². The number of halogens is 4. The van der Waals surface area contributed by atoms with E-state index in [4.69, 9.17) is 20.5 Å². The Morgan fingerprint density at radius 3 is 2.49 bits per heavy atom. The van der Waals surface area contributed by atoms with E-state index in [1.54, 1.807) is 36.4 Å². The molecule has 1 aliphatic heterocycles. The van der Waals surface area contributed by atoms with Gasteiger partial charge < -0.3 is 13.8 Å². The summed E-state index contributed by atoms with van der Waals surface area (Å²) in [5, 5.41) is 0.265. The van der Waals surface area contributed by atoms with Gasteiger partial charge in [0, 0.05) is 25.3 Å². The molecular weight excluding hydrogens is 531 g/mol. The summed E-state index contributed by atoms with van der Waals surface area (Å²) in [6.45, 7) is 0.769. The van der Waals surface area contributed by atoms with Crippen molar-refractivity contribution >= 4 is 27.6 Å². The van der Waals surface area contributed by atoms with Crippen molar-refractivity contribution in [1.29, 1.82) is 0 Å². The molecule has 0 aromatic heterocycles. The van der Waals surface area contributed by atoms with Crippen LogP contribution >= 0.6 is 11.6 Å². The lowest BCUT2D eigenvalue weighted by Gasteiger charge is -2.27. The van der Waals surface area contributed by atoms with E-state index in [1.165, 1.54) is 17.0 Å². The summed E-state index contributed by atoms with van der Waals surface area (Å²) in [4.78, 5) is 14.3. The molecule has 1 heterocycles. The molecule has 0 radical (unpaired) electrons. The molecule has 0 bridgehead atoms. The van der Waals surface area contributed by atoms with Crippen LogP contribution in [0.4, 0.5) is 13.2 Å². The molecule has 0 spiro atoms. The number of rotatable bonds is 8. The number of hydrogen-bond donors (Lipinski definition) is 0. The van der Waals surface area contributed by atoms with E-state index in [0.29, 0.717) is 18.2 Å². The Morgan fingerprint density at radius 2 is 1.78 bits per heavy atom. The second kappa shape index (κ2) is 11.1. The zero-order valence-electron chi connectivity index (χ0n) is 19.4. The lowest BCUT2D eigenvalue weighted by molar-refractivity contribution is -0.137. The highest BCUT2D eigenvalue weighted by atomic mass is 35.5. The van der Waals surface area contributed by atoms with E-state index in [2.05, 4.69) is 0 Å². The zero-order chi connectivity index (χ0) is 26.6. The van der Waals surface area contributed by atoms with Crippen molar-refractivity contribution in [1.82, 2.24) is 4.90 Å². The number of hydrogen-bond acceptors (Lipinski definition) is 5. The standard InChI is InChI=1S/C26H23ClF3NO5S/c27-23-12-3-2-11-22(23)25(32)31(17-20-9-6-14-35-20)16-18-7-1-4-13-24(18)36-37(33,34)21-10-5-8-19(15-21)26(28,29)30/h1-5,7-8,10-13,15,20H,6,9,14,16-17H2. The smallest absolute Gasteiger partial charge is 0.379 e. The van der Waals surface area contributed by atoms with Crippen LogP contribution in [0.25, 0.3) is 0 Å². The maximum Gasteiger partial charge on any atom is 0.416 e.